The number of nitrogens with zero attached hydrogens (tertiary/aromatic N) is 2. The lowest BCUT2D eigenvalue weighted by molar-refractivity contribution is -0.384. The number of carboxylic acids is 1. The third-order valence-corrected chi connectivity index (χ3v) is 3.19. The molecule has 0 spiro atoms. The molecule has 0 aromatic heterocycles. The predicted molar refractivity (Wildman–Crippen MR) is 72.8 cm³/mol. The summed E-state index contributed by atoms with van der Waals surface area (Å²) in [4.78, 5) is 23.6. The highest BCUT2D eigenvalue weighted by molar-refractivity contribution is 5.97. The molecule has 1 atom stereocenters. The molecule has 0 aliphatic rings. The smallest absolute Gasteiger partial charge is 0.338 e. The maximum Gasteiger partial charge on any atom is 0.338 e. The van der Waals surface area contributed by atoms with Crippen molar-refractivity contribution in [1.82, 2.24) is 0 Å². The highest BCUT2D eigenvalue weighted by Crippen LogP contribution is 2.33. The number of hydrogen-bond donors (Lipinski definition) is 1. The third kappa shape index (κ3) is 3.01. The summed E-state index contributed by atoms with van der Waals surface area (Å²) in [5, 5.41) is 20.3. The van der Waals surface area contributed by atoms with Gasteiger partial charge in [0.05, 0.1) is 10.5 Å². The second-order valence-electron chi connectivity index (χ2n) is 4.28. The van der Waals surface area contributed by atoms with Crippen molar-refractivity contribution in [1.29, 1.82) is 0 Å². The van der Waals surface area contributed by atoms with Gasteiger partial charge in [0.15, 0.2) is 0 Å². The molecule has 6 nitrogen and oxygen atoms in total. The first kappa shape index (κ1) is 14.9. The minimum absolute atomic E-state index is 0.0312. The van der Waals surface area contributed by atoms with Crippen LogP contribution in [0.4, 0.5) is 11.4 Å². The van der Waals surface area contributed by atoms with E-state index in [1.807, 2.05) is 20.8 Å². The second-order valence-corrected chi connectivity index (χ2v) is 4.28. The van der Waals surface area contributed by atoms with Crippen molar-refractivity contribution in [3.63, 3.8) is 0 Å². The number of para-hydroxylation sites is 1. The lowest BCUT2D eigenvalue weighted by Gasteiger charge is -2.30. The minimum atomic E-state index is -1.15. The van der Waals surface area contributed by atoms with Crippen molar-refractivity contribution < 1.29 is 14.8 Å². The standard InChI is InChI=1S/C13H18N2O4/c1-4-9(3)14(5-2)12-10(13(16)17)7-6-8-11(12)15(18)19/h6-9H,4-5H2,1-3H3,(H,16,17). The van der Waals surface area contributed by atoms with Crippen LogP contribution in [0.3, 0.4) is 0 Å². The predicted octanol–water partition coefficient (Wildman–Crippen LogP) is 2.92. The van der Waals surface area contributed by atoms with E-state index < -0.39 is 10.9 Å². The average Bonchev–Trinajstić information content (AvgIpc) is 2.38. The van der Waals surface area contributed by atoms with Crippen molar-refractivity contribution >= 4 is 17.3 Å². The van der Waals surface area contributed by atoms with Gasteiger partial charge in [-0.3, -0.25) is 10.1 Å². The zero-order valence-electron chi connectivity index (χ0n) is 11.3. The first-order valence-electron chi connectivity index (χ1n) is 6.21. The third-order valence-electron chi connectivity index (χ3n) is 3.19. The largest absolute Gasteiger partial charge is 0.478 e. The normalized spacial score (nSPS) is 11.9. The molecule has 0 saturated heterocycles. The number of carbonyl (C=O) groups is 1. The van der Waals surface area contributed by atoms with Crippen LogP contribution >= 0.6 is 0 Å². The number of nitro benzene ring substituents is 1. The van der Waals surface area contributed by atoms with E-state index in [0.717, 1.165) is 6.42 Å². The van der Waals surface area contributed by atoms with Gasteiger partial charge in [-0.05, 0) is 26.3 Å². The van der Waals surface area contributed by atoms with E-state index in [2.05, 4.69) is 0 Å². The Morgan fingerprint density at radius 1 is 1.47 bits per heavy atom. The van der Waals surface area contributed by atoms with Crippen molar-refractivity contribution in [3.05, 3.63) is 33.9 Å². The summed E-state index contributed by atoms with van der Waals surface area (Å²) >= 11 is 0. The van der Waals surface area contributed by atoms with E-state index in [-0.39, 0.29) is 23.0 Å². The lowest BCUT2D eigenvalue weighted by Crippen LogP contribution is -2.34. The van der Waals surface area contributed by atoms with Crippen molar-refractivity contribution in [2.75, 3.05) is 11.4 Å². The lowest BCUT2D eigenvalue weighted by atomic mass is 10.1. The number of benzene rings is 1. The van der Waals surface area contributed by atoms with Crippen LogP contribution in [0.5, 0.6) is 0 Å². The van der Waals surface area contributed by atoms with Crippen LogP contribution in [-0.2, 0) is 0 Å². The molecule has 0 amide bonds. The Morgan fingerprint density at radius 2 is 2.11 bits per heavy atom. The van der Waals surface area contributed by atoms with Gasteiger partial charge >= 0.3 is 5.97 Å². The van der Waals surface area contributed by atoms with Crippen LogP contribution in [0.25, 0.3) is 0 Å². The molecule has 1 aromatic rings. The van der Waals surface area contributed by atoms with Crippen molar-refractivity contribution in [2.24, 2.45) is 0 Å². The van der Waals surface area contributed by atoms with Gasteiger partial charge in [0.1, 0.15) is 5.69 Å². The average molecular weight is 266 g/mol. The minimum Gasteiger partial charge on any atom is -0.478 e. The van der Waals surface area contributed by atoms with Gasteiger partial charge in [0, 0.05) is 18.7 Å². The van der Waals surface area contributed by atoms with Gasteiger partial charge in [-0.15, -0.1) is 0 Å². The molecule has 104 valence electrons. The van der Waals surface area contributed by atoms with Gasteiger partial charge < -0.3 is 10.0 Å². The molecule has 1 N–H and O–H groups in total. The quantitative estimate of drug-likeness (QED) is 0.632. The van der Waals surface area contributed by atoms with Gasteiger partial charge in [-0.25, -0.2) is 4.79 Å². The van der Waals surface area contributed by atoms with E-state index in [4.69, 9.17) is 0 Å². The zero-order chi connectivity index (χ0) is 14.6. The Kier molecular flexibility index (Phi) is 4.86. The number of nitro groups is 1. The van der Waals surface area contributed by atoms with E-state index in [0.29, 0.717) is 6.54 Å². The number of carboxylic acid groups (broad SMARTS) is 1. The molecule has 0 radical (unpaired) electrons. The monoisotopic (exact) mass is 266 g/mol. The summed E-state index contributed by atoms with van der Waals surface area (Å²) in [7, 11) is 0. The molecule has 19 heavy (non-hydrogen) atoms. The van der Waals surface area contributed by atoms with Crippen LogP contribution in [0.2, 0.25) is 0 Å². The Bertz CT molecular complexity index is 455. The summed E-state index contributed by atoms with van der Waals surface area (Å²) in [6, 6.07) is 4.17. The van der Waals surface area contributed by atoms with Crippen LogP contribution in [0, 0.1) is 10.1 Å². The molecular formula is C13H18N2O4. The maximum atomic E-state index is 11.3. The zero-order valence-corrected chi connectivity index (χ0v) is 11.3. The Morgan fingerprint density at radius 3 is 2.53 bits per heavy atom. The van der Waals surface area contributed by atoms with E-state index in [1.54, 1.807) is 4.90 Å². The fourth-order valence-corrected chi connectivity index (χ4v) is 2.06. The summed E-state index contributed by atoms with van der Waals surface area (Å²) in [6.07, 6.45) is 0.777. The molecule has 1 unspecified atom stereocenters. The van der Waals surface area contributed by atoms with Gasteiger partial charge in [-0.1, -0.05) is 13.0 Å². The van der Waals surface area contributed by atoms with Gasteiger partial charge in [-0.2, -0.15) is 0 Å². The summed E-state index contributed by atoms with van der Waals surface area (Å²) in [5.41, 5.74) is -0.00440. The fraction of sp³-hybridized carbons (Fsp3) is 0.462. The summed E-state index contributed by atoms with van der Waals surface area (Å²) < 4.78 is 0. The Balaban J connectivity index is 3.51. The number of aromatic carboxylic acids is 1. The highest BCUT2D eigenvalue weighted by Gasteiger charge is 2.27. The maximum absolute atomic E-state index is 11.3. The number of anilines is 1. The summed E-state index contributed by atoms with van der Waals surface area (Å²) in [6.45, 7) is 6.25. The molecule has 0 bridgehead atoms. The van der Waals surface area contributed by atoms with Crippen LogP contribution in [0.1, 0.15) is 37.6 Å². The van der Waals surface area contributed by atoms with Crippen LogP contribution in [0.15, 0.2) is 18.2 Å². The molecular weight excluding hydrogens is 248 g/mol. The first-order chi connectivity index (χ1) is 8.93. The molecule has 0 fully saturated rings. The number of rotatable bonds is 6. The molecule has 1 aromatic carbocycles. The van der Waals surface area contributed by atoms with Crippen molar-refractivity contribution in [3.8, 4) is 0 Å². The first-order valence-corrected chi connectivity index (χ1v) is 6.21. The Labute approximate surface area is 111 Å². The van der Waals surface area contributed by atoms with E-state index in [1.165, 1.54) is 18.2 Å². The number of hydrogen-bond acceptors (Lipinski definition) is 4. The van der Waals surface area contributed by atoms with Gasteiger partial charge in [0.2, 0.25) is 0 Å². The molecule has 0 aliphatic carbocycles. The fourth-order valence-electron chi connectivity index (χ4n) is 2.06. The van der Waals surface area contributed by atoms with E-state index >= 15 is 0 Å². The SMILES string of the molecule is CCC(C)N(CC)c1c(C(=O)O)cccc1[N+](=O)[O-]. The van der Waals surface area contributed by atoms with Gasteiger partial charge in [0.25, 0.3) is 5.69 Å². The molecule has 0 aliphatic heterocycles. The molecule has 6 heteroatoms. The molecule has 0 heterocycles. The van der Waals surface area contributed by atoms with Crippen molar-refractivity contribution in [2.45, 2.75) is 33.2 Å². The molecule has 0 saturated carbocycles. The van der Waals surface area contributed by atoms with E-state index in [9.17, 15) is 20.0 Å². The van der Waals surface area contributed by atoms with Crippen LogP contribution in [-0.4, -0.2) is 28.6 Å². The van der Waals surface area contributed by atoms with Crippen LogP contribution < -0.4 is 4.90 Å². The Hall–Kier alpha value is -2.11. The highest BCUT2D eigenvalue weighted by atomic mass is 16.6. The second kappa shape index (κ2) is 6.17. The topological polar surface area (TPSA) is 83.7 Å². The molecule has 1 rings (SSSR count). The summed E-state index contributed by atoms with van der Waals surface area (Å²) in [5.74, 6) is -1.15.